The van der Waals surface area contributed by atoms with Gasteiger partial charge in [-0.05, 0) is 229 Å². The topological polar surface area (TPSA) is 9.72 Å². The van der Waals surface area contributed by atoms with Crippen LogP contribution in [-0.2, 0) is 48.7 Å². The fourth-order valence-electron chi connectivity index (χ4n) is 19.3. The highest BCUT2D eigenvalue weighted by atomic mass is 15.3. The molecule has 0 bridgehead atoms. The van der Waals surface area contributed by atoms with Crippen LogP contribution in [0, 0.1) is 6.92 Å². The number of rotatable bonds is 3. The average Bonchev–Trinajstić information content (AvgIpc) is 3.14. The highest BCUT2D eigenvalue weighted by Gasteiger charge is 2.59. The molecule has 1 fully saturated rings. The van der Waals surface area contributed by atoms with Crippen LogP contribution < -0.4 is 31.1 Å². The predicted octanol–water partition coefficient (Wildman–Crippen LogP) is 18.4. The summed E-state index contributed by atoms with van der Waals surface area (Å²) < 4.78 is 0. The van der Waals surface area contributed by atoms with Crippen molar-refractivity contribution < 1.29 is 0 Å². The Bertz CT molecular complexity index is 3670. The molecule has 1 saturated carbocycles. The van der Waals surface area contributed by atoms with Crippen LogP contribution in [0.3, 0.4) is 0 Å². The maximum Gasteiger partial charge on any atom is 0.252 e. The highest BCUT2D eigenvalue weighted by Crippen LogP contribution is 2.63. The summed E-state index contributed by atoms with van der Waals surface area (Å²) in [5, 5.41) is 0. The molecule has 0 amide bonds. The Hall–Kier alpha value is -5.22. The average molecular weight is 1050 g/mol. The lowest BCUT2D eigenvalue weighted by Crippen LogP contribution is -2.62. The van der Waals surface area contributed by atoms with E-state index in [1.165, 1.54) is 162 Å². The number of benzene rings is 6. The lowest BCUT2D eigenvalue weighted by atomic mass is 9.33. The van der Waals surface area contributed by atoms with Crippen LogP contribution in [0.4, 0.5) is 45.5 Å². The van der Waals surface area contributed by atoms with E-state index < -0.39 is 0 Å². The van der Waals surface area contributed by atoms with Crippen molar-refractivity contribution in [3.8, 4) is 0 Å². The Morgan fingerprint density at radius 3 is 1.35 bits per heavy atom. The number of hydrogen-bond acceptors (Lipinski definition) is 3. The van der Waals surface area contributed by atoms with Crippen LogP contribution in [0.2, 0.25) is 0 Å². The molecular formula is C75H92BN3. The summed E-state index contributed by atoms with van der Waals surface area (Å²) in [6, 6.07) is 39.0. The van der Waals surface area contributed by atoms with Crippen molar-refractivity contribution in [2.75, 3.05) is 14.7 Å². The van der Waals surface area contributed by atoms with E-state index in [1.807, 2.05) is 0 Å². The van der Waals surface area contributed by atoms with Gasteiger partial charge < -0.3 is 14.7 Å². The van der Waals surface area contributed by atoms with Crippen LogP contribution in [0.15, 0.2) is 91.0 Å². The van der Waals surface area contributed by atoms with Gasteiger partial charge >= 0.3 is 0 Å². The molecule has 410 valence electrons. The molecular weight excluding hydrogens is 954 g/mol. The minimum atomic E-state index is -0.115. The molecule has 0 saturated heterocycles. The molecule has 5 aliphatic carbocycles. The number of aryl methyl sites for hydroxylation is 1. The summed E-state index contributed by atoms with van der Waals surface area (Å²) in [7, 11) is 0. The first-order valence-corrected chi connectivity index (χ1v) is 31.1. The van der Waals surface area contributed by atoms with Gasteiger partial charge in [-0.25, -0.2) is 0 Å². The number of fused-ring (bicyclic) bond motifs is 11. The van der Waals surface area contributed by atoms with Crippen molar-refractivity contribution in [3.05, 3.63) is 147 Å². The van der Waals surface area contributed by atoms with Gasteiger partial charge in [-0.15, -0.1) is 0 Å². The molecule has 3 nitrogen and oxygen atoms in total. The molecule has 8 aliphatic rings. The maximum absolute atomic E-state index is 2.88. The van der Waals surface area contributed by atoms with Gasteiger partial charge in [-0.1, -0.05) is 173 Å². The predicted molar refractivity (Wildman–Crippen MR) is 340 cm³/mol. The second-order valence-electron chi connectivity index (χ2n) is 32.9. The molecule has 0 radical (unpaired) electrons. The Kier molecular flexibility index (Phi) is 10.3. The van der Waals surface area contributed by atoms with E-state index in [-0.39, 0.29) is 61.0 Å². The molecule has 0 N–H and O–H groups in total. The maximum atomic E-state index is 2.88. The summed E-state index contributed by atoms with van der Waals surface area (Å²) in [6.07, 6.45) is 11.9. The van der Waals surface area contributed by atoms with Gasteiger partial charge in [-0.3, -0.25) is 0 Å². The van der Waals surface area contributed by atoms with Crippen molar-refractivity contribution in [1.82, 2.24) is 0 Å². The van der Waals surface area contributed by atoms with Gasteiger partial charge in [0, 0.05) is 50.9 Å². The number of nitrogens with zero attached hydrogens (tertiary/aromatic N) is 3. The summed E-state index contributed by atoms with van der Waals surface area (Å²) in [4.78, 5) is 8.53. The van der Waals surface area contributed by atoms with Gasteiger partial charge in [0.1, 0.15) is 0 Å². The fourth-order valence-corrected chi connectivity index (χ4v) is 19.3. The lowest BCUT2D eigenvalue weighted by Gasteiger charge is -2.51. The van der Waals surface area contributed by atoms with E-state index in [9.17, 15) is 0 Å². The fraction of sp³-hybridized carbons (Fsp3) is 0.520. The molecule has 0 aromatic heterocycles. The Labute approximate surface area is 477 Å². The first-order valence-electron chi connectivity index (χ1n) is 31.1. The lowest BCUT2D eigenvalue weighted by molar-refractivity contribution is 0.195. The van der Waals surface area contributed by atoms with E-state index in [4.69, 9.17) is 0 Å². The van der Waals surface area contributed by atoms with E-state index in [2.05, 4.69) is 237 Å². The summed E-state index contributed by atoms with van der Waals surface area (Å²) in [5.74, 6) is 0. The minimum Gasteiger partial charge on any atom is -0.334 e. The molecule has 3 heterocycles. The second kappa shape index (κ2) is 15.7. The largest absolute Gasteiger partial charge is 0.334 e. The number of hydrogen-bond donors (Lipinski definition) is 0. The van der Waals surface area contributed by atoms with Crippen molar-refractivity contribution >= 4 is 68.6 Å². The number of para-hydroxylation sites is 1. The molecule has 2 unspecified atom stereocenters. The Morgan fingerprint density at radius 2 is 0.785 bits per heavy atom. The van der Waals surface area contributed by atoms with E-state index >= 15 is 0 Å². The zero-order valence-corrected chi connectivity index (χ0v) is 52.2. The molecule has 2 atom stereocenters. The molecule has 4 heteroatoms. The molecule has 6 aromatic carbocycles. The van der Waals surface area contributed by atoms with Crippen molar-refractivity contribution in [2.24, 2.45) is 0 Å². The molecule has 0 spiro atoms. The first-order chi connectivity index (χ1) is 36.7. The van der Waals surface area contributed by atoms with Gasteiger partial charge in [0.25, 0.3) is 6.71 Å². The van der Waals surface area contributed by atoms with Crippen LogP contribution >= 0.6 is 0 Å². The van der Waals surface area contributed by atoms with Crippen LogP contribution in [0.1, 0.15) is 244 Å². The second-order valence-corrected chi connectivity index (χ2v) is 32.9. The third kappa shape index (κ3) is 6.85. The molecule has 6 aromatic rings. The van der Waals surface area contributed by atoms with Crippen molar-refractivity contribution in [2.45, 2.75) is 250 Å². The standard InChI is InChI=1S/C75H92BN3/c1-45-34-50-54(69(8,9)33-32-67(50,4)5)40-60(45)78-62-42-56-53(71(12,13)44-73(56,16)17)39-58(62)76-57-38-52-55(72(14,15)43-70(52,10)11)41-61(57)77(46-26-27-48-51(35-46)68(6,7)31-30-66(48,2)3)63-36-47(37-64(78)65(63)76)79-59-25-21-20-24-49(59)74(18)28-22-23-29-75(74,79)19/h20-21,24-27,34-42H,22-23,28-33,43-44H2,1-19H3. The van der Waals surface area contributed by atoms with Crippen molar-refractivity contribution in [1.29, 1.82) is 0 Å². The SMILES string of the molecule is Cc1cc2c(cc1N1c3cc4c(cc3B3c5cc6c(cc5N(c5ccc7c(c5)C(C)(C)CCC7(C)C)c5cc(N7c8ccccc8C8(C)CCCCC78C)cc1c53)C(C)(C)CC6(C)C)C(C)(C)CC4(C)C)C(C)(C)CCC2(C)C. The van der Waals surface area contributed by atoms with E-state index in [0.717, 1.165) is 19.3 Å². The molecule has 3 aliphatic heterocycles. The van der Waals surface area contributed by atoms with Crippen LogP contribution in [0.5, 0.6) is 0 Å². The Morgan fingerprint density at radius 1 is 0.342 bits per heavy atom. The number of anilines is 8. The summed E-state index contributed by atoms with van der Waals surface area (Å²) >= 11 is 0. The molecule has 14 rings (SSSR count). The third-order valence-electron chi connectivity index (χ3n) is 23.8. The van der Waals surface area contributed by atoms with Gasteiger partial charge in [0.05, 0.1) is 5.54 Å². The Balaban J connectivity index is 1.16. The third-order valence-corrected chi connectivity index (χ3v) is 23.8. The van der Waals surface area contributed by atoms with Gasteiger partial charge in [0.15, 0.2) is 0 Å². The highest BCUT2D eigenvalue weighted by molar-refractivity contribution is 7.00. The quantitative estimate of drug-likeness (QED) is 0.163. The van der Waals surface area contributed by atoms with Crippen LogP contribution in [-0.4, -0.2) is 12.3 Å². The normalized spacial score (nSPS) is 26.5. The van der Waals surface area contributed by atoms with Crippen molar-refractivity contribution in [3.63, 3.8) is 0 Å². The van der Waals surface area contributed by atoms with E-state index in [0.29, 0.717) is 0 Å². The zero-order valence-electron chi connectivity index (χ0n) is 52.2. The smallest absolute Gasteiger partial charge is 0.252 e. The van der Waals surface area contributed by atoms with Gasteiger partial charge in [0.2, 0.25) is 0 Å². The zero-order chi connectivity index (χ0) is 56.1. The monoisotopic (exact) mass is 1050 g/mol. The summed E-state index contributed by atoms with van der Waals surface area (Å²) in [6.45, 7) is 47.9. The van der Waals surface area contributed by atoms with E-state index in [1.54, 1.807) is 0 Å². The first kappa shape index (κ1) is 51.9. The van der Waals surface area contributed by atoms with Crippen LogP contribution in [0.25, 0.3) is 0 Å². The van der Waals surface area contributed by atoms with Gasteiger partial charge in [-0.2, -0.15) is 0 Å². The molecule has 79 heavy (non-hydrogen) atoms. The minimum absolute atomic E-state index is 0.0122. The summed E-state index contributed by atoms with van der Waals surface area (Å²) in [5.41, 5.74) is 30.5.